The minimum atomic E-state index is -0.976. The molecule has 0 spiro atoms. The van der Waals surface area contributed by atoms with Gasteiger partial charge in [0.25, 0.3) is 0 Å². The maximum atomic E-state index is 11.9. The standard InChI is InChI=1S/C12H19NO3/c1-11(2)7-8(11)9(14)13-12(10(15)16)5-3-4-6-12/h8H,3-7H2,1-2H3,(H,13,14)(H,15,16)/t8-/m1/s1. The molecule has 0 aromatic carbocycles. The number of amides is 1. The smallest absolute Gasteiger partial charge is 0.329 e. The molecule has 4 heteroatoms. The largest absolute Gasteiger partial charge is 0.480 e. The van der Waals surface area contributed by atoms with E-state index in [1.165, 1.54) is 0 Å². The zero-order valence-electron chi connectivity index (χ0n) is 9.88. The summed E-state index contributed by atoms with van der Waals surface area (Å²) in [5.74, 6) is -0.949. The Bertz CT molecular complexity index is 329. The SMILES string of the molecule is CC1(C)C[C@@H]1C(=O)NC1(C(=O)O)CCCC1. The minimum absolute atomic E-state index is 0.00400. The van der Waals surface area contributed by atoms with Crippen LogP contribution in [0, 0.1) is 11.3 Å². The van der Waals surface area contributed by atoms with Gasteiger partial charge in [0.05, 0.1) is 0 Å². The first-order valence-electron chi connectivity index (χ1n) is 5.93. The van der Waals surface area contributed by atoms with Crippen molar-refractivity contribution >= 4 is 11.9 Å². The Hall–Kier alpha value is -1.06. The second kappa shape index (κ2) is 3.47. The maximum absolute atomic E-state index is 11.9. The Labute approximate surface area is 95.4 Å². The third kappa shape index (κ3) is 1.81. The molecule has 1 amide bonds. The summed E-state index contributed by atoms with van der Waals surface area (Å²) < 4.78 is 0. The van der Waals surface area contributed by atoms with Crippen LogP contribution in [0.5, 0.6) is 0 Å². The van der Waals surface area contributed by atoms with Crippen molar-refractivity contribution in [2.45, 2.75) is 51.5 Å². The van der Waals surface area contributed by atoms with Gasteiger partial charge in [0, 0.05) is 5.92 Å². The number of carboxylic acid groups (broad SMARTS) is 1. The second-order valence-corrected chi connectivity index (χ2v) is 5.83. The lowest BCUT2D eigenvalue weighted by Gasteiger charge is -2.25. The fourth-order valence-electron chi connectivity index (χ4n) is 2.61. The Balaban J connectivity index is 2.02. The molecular weight excluding hydrogens is 206 g/mol. The van der Waals surface area contributed by atoms with Crippen molar-refractivity contribution in [2.75, 3.05) is 0 Å². The Morgan fingerprint density at radius 3 is 2.12 bits per heavy atom. The van der Waals surface area contributed by atoms with Crippen molar-refractivity contribution in [2.24, 2.45) is 11.3 Å². The molecule has 2 aliphatic rings. The van der Waals surface area contributed by atoms with Crippen LogP contribution in [0.4, 0.5) is 0 Å². The van der Waals surface area contributed by atoms with Crippen LogP contribution in [0.2, 0.25) is 0 Å². The summed E-state index contributed by atoms with van der Waals surface area (Å²) in [6.07, 6.45) is 3.79. The molecule has 0 aromatic rings. The van der Waals surface area contributed by atoms with E-state index < -0.39 is 11.5 Å². The summed E-state index contributed by atoms with van der Waals surface area (Å²) in [5.41, 5.74) is -0.919. The number of rotatable bonds is 3. The molecule has 2 fully saturated rings. The van der Waals surface area contributed by atoms with Gasteiger partial charge in [-0.2, -0.15) is 0 Å². The van der Waals surface area contributed by atoms with E-state index in [1.54, 1.807) is 0 Å². The zero-order chi connectivity index (χ0) is 12.0. The van der Waals surface area contributed by atoms with E-state index in [1.807, 2.05) is 13.8 Å². The first-order chi connectivity index (χ1) is 7.37. The highest BCUT2D eigenvalue weighted by Gasteiger charge is 2.53. The monoisotopic (exact) mass is 225 g/mol. The summed E-state index contributed by atoms with van der Waals surface area (Å²) in [4.78, 5) is 23.2. The summed E-state index contributed by atoms with van der Waals surface area (Å²) in [7, 11) is 0. The van der Waals surface area contributed by atoms with Crippen molar-refractivity contribution in [3.8, 4) is 0 Å². The third-order valence-electron chi connectivity index (χ3n) is 4.06. The van der Waals surface area contributed by atoms with Crippen LogP contribution in [0.1, 0.15) is 46.0 Å². The highest BCUT2D eigenvalue weighted by atomic mass is 16.4. The normalized spacial score (nSPS) is 29.8. The molecule has 2 rings (SSSR count). The lowest BCUT2D eigenvalue weighted by Crippen LogP contribution is -2.53. The van der Waals surface area contributed by atoms with Crippen LogP contribution in [-0.4, -0.2) is 22.5 Å². The van der Waals surface area contributed by atoms with Gasteiger partial charge in [-0.3, -0.25) is 4.79 Å². The summed E-state index contributed by atoms with van der Waals surface area (Å²) in [6.45, 7) is 4.08. The molecule has 16 heavy (non-hydrogen) atoms. The number of carbonyl (C=O) groups excluding carboxylic acids is 1. The molecule has 2 N–H and O–H groups in total. The summed E-state index contributed by atoms with van der Waals surface area (Å²) in [5, 5.41) is 12.0. The van der Waals surface area contributed by atoms with Gasteiger partial charge < -0.3 is 10.4 Å². The molecule has 0 aliphatic heterocycles. The molecule has 2 saturated carbocycles. The Morgan fingerprint density at radius 2 is 1.75 bits per heavy atom. The topological polar surface area (TPSA) is 66.4 Å². The Kier molecular flexibility index (Phi) is 2.48. The predicted molar refractivity (Wildman–Crippen MR) is 58.9 cm³/mol. The van der Waals surface area contributed by atoms with Crippen LogP contribution < -0.4 is 5.32 Å². The van der Waals surface area contributed by atoms with Crippen LogP contribution in [0.25, 0.3) is 0 Å². The molecule has 0 radical (unpaired) electrons. The van der Waals surface area contributed by atoms with Crippen molar-refractivity contribution < 1.29 is 14.7 Å². The Morgan fingerprint density at radius 1 is 1.25 bits per heavy atom. The average molecular weight is 225 g/mol. The number of nitrogens with one attached hydrogen (secondary N) is 1. The number of carboxylic acids is 1. The van der Waals surface area contributed by atoms with E-state index in [4.69, 9.17) is 0 Å². The molecule has 0 unspecified atom stereocenters. The molecular formula is C12H19NO3. The molecule has 0 aromatic heterocycles. The van der Waals surface area contributed by atoms with E-state index in [2.05, 4.69) is 5.32 Å². The van der Waals surface area contributed by atoms with Crippen LogP contribution >= 0.6 is 0 Å². The number of carbonyl (C=O) groups is 2. The van der Waals surface area contributed by atoms with E-state index >= 15 is 0 Å². The molecule has 0 saturated heterocycles. The van der Waals surface area contributed by atoms with Gasteiger partial charge in [0.1, 0.15) is 5.54 Å². The van der Waals surface area contributed by atoms with E-state index in [9.17, 15) is 14.7 Å². The van der Waals surface area contributed by atoms with Gasteiger partial charge in [0.2, 0.25) is 5.91 Å². The lowest BCUT2D eigenvalue weighted by atomic mass is 9.97. The van der Waals surface area contributed by atoms with Crippen molar-refractivity contribution in [1.82, 2.24) is 5.32 Å². The molecule has 4 nitrogen and oxygen atoms in total. The summed E-state index contributed by atoms with van der Waals surface area (Å²) in [6, 6.07) is 0. The van der Waals surface area contributed by atoms with Crippen molar-refractivity contribution in [1.29, 1.82) is 0 Å². The third-order valence-corrected chi connectivity index (χ3v) is 4.06. The lowest BCUT2D eigenvalue weighted by molar-refractivity contribution is -0.147. The molecule has 0 bridgehead atoms. The van der Waals surface area contributed by atoms with Crippen LogP contribution in [0.15, 0.2) is 0 Å². The van der Waals surface area contributed by atoms with Crippen molar-refractivity contribution in [3.63, 3.8) is 0 Å². The molecule has 90 valence electrons. The first kappa shape index (κ1) is 11.4. The summed E-state index contributed by atoms with van der Waals surface area (Å²) >= 11 is 0. The number of hydrogen-bond acceptors (Lipinski definition) is 2. The van der Waals surface area contributed by atoms with E-state index in [-0.39, 0.29) is 17.2 Å². The highest BCUT2D eigenvalue weighted by molar-refractivity contribution is 5.90. The second-order valence-electron chi connectivity index (χ2n) is 5.83. The minimum Gasteiger partial charge on any atom is -0.480 e. The van der Waals surface area contributed by atoms with Gasteiger partial charge in [-0.1, -0.05) is 26.7 Å². The molecule has 0 heterocycles. The fraction of sp³-hybridized carbons (Fsp3) is 0.833. The molecule has 1 atom stereocenters. The van der Waals surface area contributed by atoms with Gasteiger partial charge in [-0.15, -0.1) is 0 Å². The average Bonchev–Trinajstić information content (AvgIpc) is 2.63. The molecule has 2 aliphatic carbocycles. The predicted octanol–water partition coefficient (Wildman–Crippen LogP) is 1.55. The maximum Gasteiger partial charge on any atom is 0.329 e. The number of hydrogen-bond donors (Lipinski definition) is 2. The van der Waals surface area contributed by atoms with E-state index in [0.29, 0.717) is 12.8 Å². The van der Waals surface area contributed by atoms with Crippen molar-refractivity contribution in [3.05, 3.63) is 0 Å². The number of aliphatic carboxylic acids is 1. The fourth-order valence-corrected chi connectivity index (χ4v) is 2.61. The van der Waals surface area contributed by atoms with Crippen LogP contribution in [-0.2, 0) is 9.59 Å². The van der Waals surface area contributed by atoms with Gasteiger partial charge in [0.15, 0.2) is 0 Å². The van der Waals surface area contributed by atoms with Crippen LogP contribution in [0.3, 0.4) is 0 Å². The van der Waals surface area contributed by atoms with E-state index in [0.717, 1.165) is 19.3 Å². The zero-order valence-corrected chi connectivity index (χ0v) is 9.88. The van der Waals surface area contributed by atoms with Gasteiger partial charge in [-0.25, -0.2) is 4.79 Å². The quantitative estimate of drug-likeness (QED) is 0.765. The highest BCUT2D eigenvalue weighted by Crippen LogP contribution is 2.52. The first-order valence-corrected chi connectivity index (χ1v) is 5.93. The van der Waals surface area contributed by atoms with Gasteiger partial charge >= 0.3 is 5.97 Å². The van der Waals surface area contributed by atoms with Gasteiger partial charge in [-0.05, 0) is 24.7 Å².